The molecule has 0 fully saturated rings. The van der Waals surface area contributed by atoms with Gasteiger partial charge in [0.05, 0.1) is 40.2 Å². The molecule has 3 aromatic rings. The molecule has 0 aliphatic carbocycles. The molecule has 2 aromatic carbocycles. The van der Waals surface area contributed by atoms with Gasteiger partial charge >= 0.3 is 0 Å². The Hall–Kier alpha value is -3.93. The summed E-state index contributed by atoms with van der Waals surface area (Å²) in [5.41, 5.74) is 3.53. The van der Waals surface area contributed by atoms with Gasteiger partial charge in [0, 0.05) is 22.1 Å². The number of dihydropyridines is 1. The number of nitriles is 1. The summed E-state index contributed by atoms with van der Waals surface area (Å²) < 4.78 is 5.64. The molecule has 9 heteroatoms. The Balaban J connectivity index is 1.57. The van der Waals surface area contributed by atoms with Crippen LogP contribution in [-0.4, -0.2) is 17.6 Å². The Morgan fingerprint density at radius 3 is 2.53 bits per heavy atom. The number of hydrogen-bond acceptors (Lipinski definition) is 6. The number of nitrogens with one attached hydrogen (secondary N) is 3. The van der Waals surface area contributed by atoms with E-state index in [1.165, 1.54) is 18.0 Å². The molecule has 36 heavy (non-hydrogen) atoms. The number of anilines is 2. The fraction of sp³-hybridized carbons (Fsp3) is 0.148. The van der Waals surface area contributed by atoms with Crippen molar-refractivity contribution in [2.45, 2.75) is 19.8 Å². The molecule has 1 aliphatic heterocycles. The second kappa shape index (κ2) is 11.2. The minimum atomic E-state index is -0.724. The first-order valence-electron chi connectivity index (χ1n) is 11.1. The summed E-state index contributed by atoms with van der Waals surface area (Å²) in [6, 6.07) is 19.9. The van der Waals surface area contributed by atoms with Gasteiger partial charge in [-0.15, -0.1) is 0 Å². The highest BCUT2D eigenvalue weighted by Gasteiger charge is 2.36. The fourth-order valence-corrected chi connectivity index (χ4v) is 4.87. The van der Waals surface area contributed by atoms with Gasteiger partial charge in [-0.25, -0.2) is 0 Å². The summed E-state index contributed by atoms with van der Waals surface area (Å²) in [6.45, 7) is 3.71. The van der Waals surface area contributed by atoms with Crippen LogP contribution >= 0.6 is 23.4 Å². The van der Waals surface area contributed by atoms with Gasteiger partial charge in [-0.1, -0.05) is 35.5 Å². The molecule has 0 bridgehead atoms. The van der Waals surface area contributed by atoms with E-state index in [0.29, 0.717) is 44.0 Å². The third-order valence-electron chi connectivity index (χ3n) is 5.47. The van der Waals surface area contributed by atoms with Crippen LogP contribution in [0.2, 0.25) is 5.02 Å². The van der Waals surface area contributed by atoms with E-state index >= 15 is 0 Å². The average Bonchev–Trinajstić information content (AvgIpc) is 3.38. The van der Waals surface area contributed by atoms with E-state index in [0.717, 1.165) is 5.56 Å². The first-order valence-corrected chi connectivity index (χ1v) is 12.4. The molecule has 0 unspecified atom stereocenters. The molecule has 1 aromatic heterocycles. The SMILES string of the molecule is CC1=C(C(=O)Nc2cccc(C)c2)[C@@H](c2ccco2)C(C#N)=C(SCC(=O)Nc2ccc(Cl)cc2)N1. The van der Waals surface area contributed by atoms with Crippen LogP contribution in [0.15, 0.2) is 93.2 Å². The topological polar surface area (TPSA) is 107 Å². The molecule has 2 amide bonds. The number of benzene rings is 2. The monoisotopic (exact) mass is 518 g/mol. The Bertz CT molecular complexity index is 1390. The lowest BCUT2D eigenvalue weighted by Crippen LogP contribution is -2.31. The van der Waals surface area contributed by atoms with E-state index in [1.54, 1.807) is 49.4 Å². The van der Waals surface area contributed by atoms with Gasteiger partial charge in [-0.3, -0.25) is 9.59 Å². The van der Waals surface area contributed by atoms with Crippen molar-refractivity contribution in [3.8, 4) is 6.07 Å². The highest BCUT2D eigenvalue weighted by Crippen LogP contribution is 2.41. The number of thioether (sulfide) groups is 1. The summed E-state index contributed by atoms with van der Waals surface area (Å²) >= 11 is 7.08. The van der Waals surface area contributed by atoms with Crippen LogP contribution in [0.3, 0.4) is 0 Å². The van der Waals surface area contributed by atoms with Crippen LogP contribution in [0.1, 0.15) is 24.2 Å². The van der Waals surface area contributed by atoms with E-state index in [-0.39, 0.29) is 17.6 Å². The summed E-state index contributed by atoms with van der Waals surface area (Å²) in [5, 5.41) is 20.1. The van der Waals surface area contributed by atoms with Crippen LogP contribution in [0.4, 0.5) is 11.4 Å². The number of hydrogen-bond donors (Lipinski definition) is 3. The Morgan fingerprint density at radius 1 is 1.08 bits per heavy atom. The van der Waals surface area contributed by atoms with E-state index in [2.05, 4.69) is 22.0 Å². The van der Waals surface area contributed by atoms with Crippen molar-refractivity contribution in [2.75, 3.05) is 16.4 Å². The van der Waals surface area contributed by atoms with Crippen LogP contribution in [0.5, 0.6) is 0 Å². The van der Waals surface area contributed by atoms with Gasteiger partial charge in [0.25, 0.3) is 5.91 Å². The maximum Gasteiger partial charge on any atom is 0.254 e. The van der Waals surface area contributed by atoms with Gasteiger partial charge in [-0.05, 0) is 67.9 Å². The highest BCUT2D eigenvalue weighted by atomic mass is 35.5. The zero-order valence-corrected chi connectivity index (χ0v) is 21.2. The molecule has 4 rings (SSSR count). The highest BCUT2D eigenvalue weighted by molar-refractivity contribution is 8.03. The second-order valence-electron chi connectivity index (χ2n) is 8.13. The lowest BCUT2D eigenvalue weighted by Gasteiger charge is -2.28. The number of amides is 2. The quantitative estimate of drug-likeness (QED) is 0.357. The van der Waals surface area contributed by atoms with Crippen molar-refractivity contribution in [2.24, 2.45) is 0 Å². The van der Waals surface area contributed by atoms with E-state index in [4.69, 9.17) is 16.0 Å². The number of allylic oxidation sites excluding steroid dienone is 2. The Kier molecular flexibility index (Phi) is 7.84. The van der Waals surface area contributed by atoms with Crippen LogP contribution in [-0.2, 0) is 9.59 Å². The standard InChI is InChI=1S/C27H23ClN4O3S/c1-16-5-3-6-20(13-16)32-26(34)24-17(2)30-27(21(14-29)25(24)22-7-4-12-35-22)36-15-23(33)31-19-10-8-18(28)9-11-19/h3-13,25,30H,15H2,1-2H3,(H,31,33)(H,32,34)/t25-/m1/s1. The van der Waals surface area contributed by atoms with E-state index in [9.17, 15) is 14.9 Å². The first-order chi connectivity index (χ1) is 17.4. The van der Waals surface area contributed by atoms with E-state index in [1.807, 2.05) is 25.1 Å². The number of halogens is 1. The molecule has 3 N–H and O–H groups in total. The largest absolute Gasteiger partial charge is 0.468 e. The van der Waals surface area contributed by atoms with Crippen molar-refractivity contribution in [3.63, 3.8) is 0 Å². The summed E-state index contributed by atoms with van der Waals surface area (Å²) in [5.74, 6) is -0.792. The molecule has 2 heterocycles. The number of carbonyl (C=O) groups excluding carboxylic acids is 2. The smallest absolute Gasteiger partial charge is 0.254 e. The van der Waals surface area contributed by atoms with Crippen molar-refractivity contribution in [1.29, 1.82) is 5.26 Å². The molecule has 1 atom stereocenters. The number of rotatable bonds is 7. The van der Waals surface area contributed by atoms with Gasteiger partial charge < -0.3 is 20.4 Å². The molecule has 0 spiro atoms. The third kappa shape index (κ3) is 5.82. The maximum atomic E-state index is 13.4. The number of aryl methyl sites for hydroxylation is 1. The number of furan rings is 1. The van der Waals surface area contributed by atoms with Crippen molar-refractivity contribution in [3.05, 3.63) is 105 Å². The predicted octanol–water partition coefficient (Wildman–Crippen LogP) is 5.95. The minimum absolute atomic E-state index is 0.0547. The zero-order valence-electron chi connectivity index (χ0n) is 19.6. The van der Waals surface area contributed by atoms with Crippen molar-refractivity contribution in [1.82, 2.24) is 5.32 Å². The summed E-state index contributed by atoms with van der Waals surface area (Å²) in [6.07, 6.45) is 1.50. The molecular formula is C27H23ClN4O3S. The van der Waals surface area contributed by atoms with Crippen LogP contribution in [0, 0.1) is 18.3 Å². The average molecular weight is 519 g/mol. The predicted molar refractivity (Wildman–Crippen MR) is 142 cm³/mol. The van der Waals surface area contributed by atoms with Gasteiger partial charge in [0.1, 0.15) is 5.76 Å². The first kappa shape index (κ1) is 25.2. The number of nitrogens with zero attached hydrogens (tertiary/aromatic N) is 1. The lowest BCUT2D eigenvalue weighted by molar-refractivity contribution is -0.114. The Labute approximate surface area is 218 Å². The van der Waals surface area contributed by atoms with Gasteiger partial charge in [0.2, 0.25) is 5.91 Å². The zero-order chi connectivity index (χ0) is 25.7. The van der Waals surface area contributed by atoms with E-state index < -0.39 is 5.92 Å². The maximum absolute atomic E-state index is 13.4. The summed E-state index contributed by atoms with van der Waals surface area (Å²) in [7, 11) is 0. The Morgan fingerprint density at radius 2 is 1.86 bits per heavy atom. The van der Waals surface area contributed by atoms with Gasteiger partial charge in [0.15, 0.2) is 0 Å². The lowest BCUT2D eigenvalue weighted by atomic mass is 9.85. The molecule has 0 saturated heterocycles. The fourth-order valence-electron chi connectivity index (χ4n) is 3.86. The molecular weight excluding hydrogens is 496 g/mol. The normalized spacial score (nSPS) is 15.2. The molecule has 1 aliphatic rings. The molecule has 182 valence electrons. The molecule has 0 saturated carbocycles. The van der Waals surface area contributed by atoms with Gasteiger partial charge in [-0.2, -0.15) is 5.26 Å². The van der Waals surface area contributed by atoms with Crippen LogP contribution in [0.25, 0.3) is 0 Å². The summed E-state index contributed by atoms with van der Waals surface area (Å²) in [4.78, 5) is 25.9. The third-order valence-corrected chi connectivity index (χ3v) is 6.74. The number of carbonyl (C=O) groups is 2. The second-order valence-corrected chi connectivity index (χ2v) is 9.56. The van der Waals surface area contributed by atoms with Crippen LogP contribution < -0.4 is 16.0 Å². The molecule has 7 nitrogen and oxygen atoms in total. The molecule has 0 radical (unpaired) electrons. The van der Waals surface area contributed by atoms with Crippen molar-refractivity contribution >= 4 is 46.6 Å². The van der Waals surface area contributed by atoms with Crippen molar-refractivity contribution < 1.29 is 14.0 Å². The minimum Gasteiger partial charge on any atom is -0.468 e.